The zero-order valence-corrected chi connectivity index (χ0v) is 13.8. The standard InChI is InChI=1S/C15H15N9O/c1-9-21-22-23-24(9)12-4-11(5-13(6-12)25-3)19-15-18-8-10(7-16)14(17-2)20-15/h4-6,8H,1-3H3,(H2,17,18,19,20). The Bertz CT molecular complexity index is 944. The third kappa shape index (κ3) is 3.30. The molecule has 3 aromatic rings. The maximum absolute atomic E-state index is 9.04. The highest BCUT2D eigenvalue weighted by Crippen LogP contribution is 2.25. The lowest BCUT2D eigenvalue weighted by Gasteiger charge is -2.11. The number of hydrogen-bond donors (Lipinski definition) is 2. The molecule has 0 aliphatic heterocycles. The molecule has 2 aromatic heterocycles. The van der Waals surface area contributed by atoms with Crippen molar-refractivity contribution in [3.63, 3.8) is 0 Å². The molecule has 0 fully saturated rings. The van der Waals surface area contributed by atoms with Crippen LogP contribution in [-0.2, 0) is 0 Å². The van der Waals surface area contributed by atoms with Gasteiger partial charge in [0.25, 0.3) is 0 Å². The van der Waals surface area contributed by atoms with E-state index in [1.165, 1.54) is 6.20 Å². The number of methoxy groups -OCH3 is 1. The van der Waals surface area contributed by atoms with Gasteiger partial charge in [0.2, 0.25) is 5.95 Å². The molecule has 0 radical (unpaired) electrons. The van der Waals surface area contributed by atoms with Gasteiger partial charge in [-0.2, -0.15) is 14.9 Å². The Labute approximate surface area is 143 Å². The number of hydrogen-bond acceptors (Lipinski definition) is 9. The average Bonchev–Trinajstić information content (AvgIpc) is 3.07. The van der Waals surface area contributed by atoms with Gasteiger partial charge in [0.1, 0.15) is 23.2 Å². The zero-order chi connectivity index (χ0) is 17.8. The van der Waals surface area contributed by atoms with E-state index in [1.54, 1.807) is 31.8 Å². The van der Waals surface area contributed by atoms with Crippen LogP contribution in [0.5, 0.6) is 5.75 Å². The zero-order valence-electron chi connectivity index (χ0n) is 13.8. The van der Waals surface area contributed by atoms with Crippen LogP contribution >= 0.6 is 0 Å². The molecule has 0 amide bonds. The van der Waals surface area contributed by atoms with Crippen molar-refractivity contribution in [2.24, 2.45) is 0 Å². The summed E-state index contributed by atoms with van der Waals surface area (Å²) in [4.78, 5) is 8.43. The molecule has 0 aliphatic rings. The van der Waals surface area contributed by atoms with E-state index >= 15 is 0 Å². The van der Waals surface area contributed by atoms with Gasteiger partial charge < -0.3 is 15.4 Å². The number of nitrogens with one attached hydrogen (secondary N) is 2. The Morgan fingerprint density at radius 3 is 2.76 bits per heavy atom. The Hall–Kier alpha value is -3.74. The van der Waals surface area contributed by atoms with E-state index in [9.17, 15) is 0 Å². The molecule has 0 bridgehead atoms. The second-order valence-electron chi connectivity index (χ2n) is 5.00. The van der Waals surface area contributed by atoms with Crippen molar-refractivity contribution in [2.75, 3.05) is 24.8 Å². The molecule has 126 valence electrons. The van der Waals surface area contributed by atoms with Crippen LogP contribution in [0.1, 0.15) is 11.4 Å². The first kappa shape index (κ1) is 16.1. The number of rotatable bonds is 5. The largest absolute Gasteiger partial charge is 0.497 e. The summed E-state index contributed by atoms with van der Waals surface area (Å²) in [5, 5.41) is 26.5. The fourth-order valence-electron chi connectivity index (χ4n) is 2.21. The molecular weight excluding hydrogens is 322 g/mol. The summed E-state index contributed by atoms with van der Waals surface area (Å²) in [6, 6.07) is 7.48. The lowest BCUT2D eigenvalue weighted by molar-refractivity contribution is 0.414. The van der Waals surface area contributed by atoms with Crippen molar-refractivity contribution in [3.8, 4) is 17.5 Å². The smallest absolute Gasteiger partial charge is 0.229 e. The van der Waals surface area contributed by atoms with Crippen molar-refractivity contribution in [1.29, 1.82) is 5.26 Å². The number of tetrazole rings is 1. The quantitative estimate of drug-likeness (QED) is 0.710. The molecule has 10 nitrogen and oxygen atoms in total. The maximum atomic E-state index is 9.04. The van der Waals surface area contributed by atoms with Gasteiger partial charge in [0.05, 0.1) is 19.0 Å². The number of benzene rings is 1. The minimum Gasteiger partial charge on any atom is -0.497 e. The van der Waals surface area contributed by atoms with Gasteiger partial charge in [-0.3, -0.25) is 0 Å². The molecule has 0 saturated heterocycles. The van der Waals surface area contributed by atoms with E-state index < -0.39 is 0 Å². The summed E-state index contributed by atoms with van der Waals surface area (Å²) in [6.07, 6.45) is 1.45. The normalized spacial score (nSPS) is 10.2. The fraction of sp³-hybridized carbons (Fsp3) is 0.200. The topological polar surface area (TPSA) is 126 Å². The van der Waals surface area contributed by atoms with Crippen LogP contribution in [0, 0.1) is 18.3 Å². The van der Waals surface area contributed by atoms with Gasteiger partial charge >= 0.3 is 0 Å². The molecule has 1 aromatic carbocycles. The third-order valence-electron chi connectivity index (χ3n) is 3.40. The van der Waals surface area contributed by atoms with Crippen molar-refractivity contribution >= 4 is 17.5 Å². The number of ether oxygens (including phenoxy) is 1. The number of aryl methyl sites for hydroxylation is 1. The van der Waals surface area contributed by atoms with Gasteiger partial charge in [-0.15, -0.1) is 5.10 Å². The number of nitrogens with zero attached hydrogens (tertiary/aromatic N) is 7. The van der Waals surface area contributed by atoms with E-state index in [0.717, 1.165) is 5.69 Å². The highest BCUT2D eigenvalue weighted by Gasteiger charge is 2.10. The maximum Gasteiger partial charge on any atom is 0.229 e. The van der Waals surface area contributed by atoms with Crippen molar-refractivity contribution in [1.82, 2.24) is 30.2 Å². The minimum atomic E-state index is 0.344. The molecule has 2 N–H and O–H groups in total. The van der Waals surface area contributed by atoms with Gasteiger partial charge in [0, 0.05) is 24.9 Å². The van der Waals surface area contributed by atoms with Crippen LogP contribution in [0.15, 0.2) is 24.4 Å². The monoisotopic (exact) mass is 337 g/mol. The molecule has 0 spiro atoms. The Morgan fingerprint density at radius 1 is 1.28 bits per heavy atom. The van der Waals surface area contributed by atoms with Crippen molar-refractivity contribution in [2.45, 2.75) is 6.92 Å². The molecule has 0 unspecified atom stereocenters. The summed E-state index contributed by atoms with van der Waals surface area (Å²) >= 11 is 0. The van der Waals surface area contributed by atoms with Gasteiger partial charge in [-0.1, -0.05) is 0 Å². The fourth-order valence-corrected chi connectivity index (χ4v) is 2.21. The highest BCUT2D eigenvalue weighted by molar-refractivity contribution is 5.63. The third-order valence-corrected chi connectivity index (χ3v) is 3.40. The predicted molar refractivity (Wildman–Crippen MR) is 90.0 cm³/mol. The molecule has 0 atom stereocenters. The number of aromatic nitrogens is 6. The molecule has 25 heavy (non-hydrogen) atoms. The number of anilines is 3. The lowest BCUT2D eigenvalue weighted by atomic mass is 10.2. The van der Waals surface area contributed by atoms with Crippen LogP contribution in [-0.4, -0.2) is 44.3 Å². The second-order valence-corrected chi connectivity index (χ2v) is 5.00. The van der Waals surface area contributed by atoms with E-state index in [1.807, 2.05) is 18.2 Å². The van der Waals surface area contributed by atoms with E-state index in [0.29, 0.717) is 34.6 Å². The SMILES string of the molecule is CNc1nc(Nc2cc(OC)cc(-n3nnnc3C)c2)ncc1C#N. The van der Waals surface area contributed by atoms with Gasteiger partial charge in [-0.25, -0.2) is 4.98 Å². The first-order chi connectivity index (χ1) is 12.1. The van der Waals surface area contributed by atoms with Crippen molar-refractivity contribution < 1.29 is 4.74 Å². The Morgan fingerprint density at radius 2 is 2.12 bits per heavy atom. The summed E-state index contributed by atoms with van der Waals surface area (Å²) in [7, 11) is 3.27. The van der Waals surface area contributed by atoms with Crippen LogP contribution in [0.25, 0.3) is 5.69 Å². The molecular formula is C15H15N9O. The Balaban J connectivity index is 1.98. The van der Waals surface area contributed by atoms with Crippen LogP contribution in [0.4, 0.5) is 17.5 Å². The van der Waals surface area contributed by atoms with E-state index in [2.05, 4.69) is 36.1 Å². The van der Waals surface area contributed by atoms with E-state index in [-0.39, 0.29) is 0 Å². The lowest BCUT2D eigenvalue weighted by Crippen LogP contribution is -2.05. The van der Waals surface area contributed by atoms with E-state index in [4.69, 9.17) is 10.00 Å². The molecule has 10 heteroatoms. The van der Waals surface area contributed by atoms with Crippen molar-refractivity contribution in [3.05, 3.63) is 35.8 Å². The van der Waals surface area contributed by atoms with Crippen LogP contribution in [0.3, 0.4) is 0 Å². The summed E-state index contributed by atoms with van der Waals surface area (Å²) in [6.45, 7) is 1.80. The Kier molecular flexibility index (Phi) is 4.38. The molecule has 3 rings (SSSR count). The van der Waals surface area contributed by atoms with Gasteiger partial charge in [0.15, 0.2) is 5.82 Å². The first-order valence-electron chi connectivity index (χ1n) is 7.31. The minimum absolute atomic E-state index is 0.344. The predicted octanol–water partition coefficient (Wildman–Crippen LogP) is 1.43. The molecule has 2 heterocycles. The second kappa shape index (κ2) is 6.79. The molecule has 0 saturated carbocycles. The summed E-state index contributed by atoms with van der Waals surface area (Å²) in [5.74, 6) is 2.05. The van der Waals surface area contributed by atoms with Crippen LogP contribution in [0.2, 0.25) is 0 Å². The number of nitriles is 1. The average molecular weight is 337 g/mol. The van der Waals surface area contributed by atoms with Crippen LogP contribution < -0.4 is 15.4 Å². The summed E-state index contributed by atoms with van der Waals surface area (Å²) < 4.78 is 6.92. The van der Waals surface area contributed by atoms with Gasteiger partial charge in [-0.05, 0) is 23.4 Å². The summed E-state index contributed by atoms with van der Waals surface area (Å²) in [5.41, 5.74) is 1.78. The molecule has 0 aliphatic carbocycles. The highest BCUT2D eigenvalue weighted by atomic mass is 16.5. The first-order valence-corrected chi connectivity index (χ1v) is 7.31.